The smallest absolute Gasteiger partial charge is 0.255 e. The molecule has 0 aliphatic heterocycles. The molecule has 1 aromatic carbocycles. The predicted molar refractivity (Wildman–Crippen MR) is 93.3 cm³/mol. The largest absolute Gasteiger partial charge is 0.350 e. The molecule has 4 rings (SSSR count). The normalized spacial score (nSPS) is 23.3. The molecule has 5 heteroatoms. The minimum atomic E-state index is -0.569. The van der Waals surface area contributed by atoms with E-state index >= 15 is 0 Å². The number of fused-ring (bicyclic) bond motifs is 2. The van der Waals surface area contributed by atoms with Crippen LogP contribution in [0.15, 0.2) is 46.9 Å². The highest BCUT2D eigenvalue weighted by Crippen LogP contribution is 2.49. The molecule has 1 amide bonds. The van der Waals surface area contributed by atoms with Gasteiger partial charge in [-0.15, -0.1) is 0 Å². The molecule has 4 N–H and O–H groups in total. The third kappa shape index (κ3) is 2.76. The Morgan fingerprint density at radius 3 is 2.88 bits per heavy atom. The summed E-state index contributed by atoms with van der Waals surface area (Å²) in [6.45, 7) is 0.350. The molecular weight excluding hydrogens is 302 g/mol. The van der Waals surface area contributed by atoms with Crippen LogP contribution in [0.1, 0.15) is 24.8 Å². The van der Waals surface area contributed by atoms with Gasteiger partial charge in [-0.3, -0.25) is 9.59 Å². The van der Waals surface area contributed by atoms with Crippen LogP contribution in [0.4, 0.5) is 0 Å². The first-order chi connectivity index (χ1) is 11.6. The number of H-pyrrole nitrogens is 1. The molecule has 1 saturated carbocycles. The number of allylic oxidation sites excluding steroid dienone is 1. The van der Waals surface area contributed by atoms with E-state index in [4.69, 9.17) is 5.73 Å². The van der Waals surface area contributed by atoms with Crippen LogP contribution in [-0.4, -0.2) is 16.9 Å². The SMILES string of the molecule is N[C@@H](C(=O)NCc1c[nH]c(=O)c2ccccc12)C1=CCC2CC2C1. The highest BCUT2D eigenvalue weighted by Gasteiger charge is 2.40. The molecule has 3 atom stereocenters. The van der Waals surface area contributed by atoms with Crippen LogP contribution < -0.4 is 16.6 Å². The molecular formula is C19H21N3O2. The van der Waals surface area contributed by atoms with Crippen LogP contribution >= 0.6 is 0 Å². The summed E-state index contributed by atoms with van der Waals surface area (Å²) in [6, 6.07) is 6.82. The Balaban J connectivity index is 1.47. The average Bonchev–Trinajstić information content (AvgIpc) is 3.39. The van der Waals surface area contributed by atoms with Gasteiger partial charge in [0, 0.05) is 18.1 Å². The summed E-state index contributed by atoms with van der Waals surface area (Å²) in [5.41, 5.74) is 7.96. The van der Waals surface area contributed by atoms with Crippen molar-refractivity contribution in [3.8, 4) is 0 Å². The van der Waals surface area contributed by atoms with Crippen LogP contribution in [0, 0.1) is 11.8 Å². The zero-order valence-corrected chi connectivity index (χ0v) is 13.4. The average molecular weight is 323 g/mol. The fraction of sp³-hybridized carbons (Fsp3) is 0.368. The second-order valence-corrected chi connectivity index (χ2v) is 6.86. The van der Waals surface area contributed by atoms with Crippen molar-refractivity contribution in [3.05, 3.63) is 58.0 Å². The number of hydrogen-bond acceptors (Lipinski definition) is 3. The van der Waals surface area contributed by atoms with Crippen molar-refractivity contribution in [2.45, 2.75) is 31.8 Å². The van der Waals surface area contributed by atoms with Gasteiger partial charge in [0.1, 0.15) is 6.04 Å². The van der Waals surface area contributed by atoms with Crippen molar-refractivity contribution >= 4 is 16.7 Å². The summed E-state index contributed by atoms with van der Waals surface area (Å²) in [7, 11) is 0. The fourth-order valence-corrected chi connectivity index (χ4v) is 3.67. The quantitative estimate of drug-likeness (QED) is 0.750. The standard InChI is InChI=1S/C19H21N3O2/c20-17(12-6-5-11-7-13(11)8-12)19(24)22-10-14-9-21-18(23)16-4-2-1-3-15(14)16/h1-4,6,9,11,13,17H,5,7-8,10,20H2,(H,21,23)(H,22,24)/t11?,13?,17-/m1/s1. The van der Waals surface area contributed by atoms with Gasteiger partial charge in [-0.25, -0.2) is 0 Å². The minimum absolute atomic E-state index is 0.122. The number of hydrogen-bond donors (Lipinski definition) is 3. The number of carbonyl (C=O) groups excluding carboxylic acids is 1. The number of nitrogens with one attached hydrogen (secondary N) is 2. The van der Waals surface area contributed by atoms with Gasteiger partial charge in [-0.2, -0.15) is 0 Å². The molecule has 124 valence electrons. The first-order valence-electron chi connectivity index (χ1n) is 8.45. The molecule has 1 heterocycles. The molecule has 0 radical (unpaired) electrons. The lowest BCUT2D eigenvalue weighted by Gasteiger charge is -2.19. The second-order valence-electron chi connectivity index (χ2n) is 6.86. The molecule has 2 aromatic rings. The predicted octanol–water partition coefficient (Wildman–Crippen LogP) is 1.83. The first-order valence-corrected chi connectivity index (χ1v) is 8.45. The number of amides is 1. The van der Waals surface area contributed by atoms with E-state index in [1.807, 2.05) is 18.2 Å². The van der Waals surface area contributed by atoms with Crippen molar-refractivity contribution in [2.24, 2.45) is 17.6 Å². The van der Waals surface area contributed by atoms with E-state index in [2.05, 4.69) is 16.4 Å². The Morgan fingerprint density at radius 1 is 1.29 bits per heavy atom. The highest BCUT2D eigenvalue weighted by atomic mass is 16.2. The van der Waals surface area contributed by atoms with Crippen LogP contribution in [-0.2, 0) is 11.3 Å². The summed E-state index contributed by atoms with van der Waals surface area (Å²) >= 11 is 0. The summed E-state index contributed by atoms with van der Waals surface area (Å²) in [4.78, 5) is 27.0. The Bertz CT molecular complexity index is 884. The minimum Gasteiger partial charge on any atom is -0.350 e. The number of benzene rings is 1. The molecule has 0 spiro atoms. The van der Waals surface area contributed by atoms with Gasteiger partial charge in [-0.05, 0) is 53.7 Å². The Kier molecular flexibility index (Phi) is 3.73. The van der Waals surface area contributed by atoms with Gasteiger partial charge in [0.15, 0.2) is 0 Å². The van der Waals surface area contributed by atoms with Crippen molar-refractivity contribution in [1.29, 1.82) is 0 Å². The molecule has 1 aromatic heterocycles. The fourth-order valence-electron chi connectivity index (χ4n) is 3.67. The zero-order valence-electron chi connectivity index (χ0n) is 13.4. The van der Waals surface area contributed by atoms with Gasteiger partial charge in [0.25, 0.3) is 5.56 Å². The number of rotatable bonds is 4. The van der Waals surface area contributed by atoms with Gasteiger partial charge in [-0.1, -0.05) is 24.3 Å². The Hall–Kier alpha value is -2.40. The zero-order chi connectivity index (χ0) is 16.7. The summed E-state index contributed by atoms with van der Waals surface area (Å²) in [5, 5.41) is 4.39. The number of aromatic amines is 1. The number of pyridine rings is 1. The molecule has 0 saturated heterocycles. The molecule has 5 nitrogen and oxygen atoms in total. The number of nitrogens with two attached hydrogens (primary N) is 1. The van der Waals surface area contributed by atoms with Gasteiger partial charge < -0.3 is 16.0 Å². The summed E-state index contributed by atoms with van der Waals surface area (Å²) < 4.78 is 0. The van der Waals surface area contributed by atoms with E-state index < -0.39 is 6.04 Å². The Labute approximate surface area is 139 Å². The third-order valence-electron chi connectivity index (χ3n) is 5.28. The van der Waals surface area contributed by atoms with Crippen LogP contribution in [0.5, 0.6) is 0 Å². The van der Waals surface area contributed by atoms with Crippen molar-refractivity contribution < 1.29 is 4.79 Å². The van der Waals surface area contributed by atoms with E-state index in [1.54, 1.807) is 12.3 Å². The topological polar surface area (TPSA) is 88.0 Å². The maximum atomic E-state index is 12.4. The van der Waals surface area contributed by atoms with Crippen molar-refractivity contribution in [3.63, 3.8) is 0 Å². The number of carbonyl (C=O) groups is 1. The van der Waals surface area contributed by atoms with Crippen molar-refractivity contribution in [1.82, 2.24) is 10.3 Å². The summed E-state index contributed by atoms with van der Waals surface area (Å²) in [6.07, 6.45) is 7.10. The maximum absolute atomic E-state index is 12.4. The van der Waals surface area contributed by atoms with E-state index in [9.17, 15) is 9.59 Å². The molecule has 2 aliphatic rings. The summed E-state index contributed by atoms with van der Waals surface area (Å²) in [5.74, 6) is 1.42. The highest BCUT2D eigenvalue weighted by molar-refractivity contribution is 5.87. The van der Waals surface area contributed by atoms with E-state index in [0.29, 0.717) is 11.9 Å². The second kappa shape index (κ2) is 5.91. The molecule has 1 fully saturated rings. The van der Waals surface area contributed by atoms with Gasteiger partial charge in [0.2, 0.25) is 5.91 Å². The van der Waals surface area contributed by atoms with Crippen molar-refractivity contribution in [2.75, 3.05) is 0 Å². The van der Waals surface area contributed by atoms with Crippen LogP contribution in [0.2, 0.25) is 0 Å². The molecule has 2 aliphatic carbocycles. The molecule has 0 bridgehead atoms. The molecule has 2 unspecified atom stereocenters. The van der Waals surface area contributed by atoms with Gasteiger partial charge >= 0.3 is 0 Å². The lowest BCUT2D eigenvalue weighted by atomic mass is 9.94. The van der Waals surface area contributed by atoms with E-state index in [0.717, 1.165) is 41.2 Å². The Morgan fingerprint density at radius 2 is 2.08 bits per heavy atom. The lowest BCUT2D eigenvalue weighted by molar-refractivity contribution is -0.121. The van der Waals surface area contributed by atoms with Gasteiger partial charge in [0.05, 0.1) is 0 Å². The molecule has 24 heavy (non-hydrogen) atoms. The number of aromatic nitrogens is 1. The van der Waals surface area contributed by atoms with E-state index in [-0.39, 0.29) is 11.5 Å². The lowest BCUT2D eigenvalue weighted by Crippen LogP contribution is -2.42. The van der Waals surface area contributed by atoms with E-state index in [1.165, 1.54) is 6.42 Å². The maximum Gasteiger partial charge on any atom is 0.255 e. The third-order valence-corrected chi connectivity index (χ3v) is 5.28. The van der Waals surface area contributed by atoms with Crippen LogP contribution in [0.3, 0.4) is 0 Å². The van der Waals surface area contributed by atoms with Crippen LogP contribution in [0.25, 0.3) is 10.8 Å². The first kappa shape index (κ1) is 15.1. The monoisotopic (exact) mass is 323 g/mol.